The number of esters is 1. The first-order valence-electron chi connectivity index (χ1n) is 10.7. The van der Waals surface area contributed by atoms with Crippen LogP contribution < -0.4 is 14.8 Å². The van der Waals surface area contributed by atoms with Crippen LogP contribution in [0.2, 0.25) is 5.02 Å². The number of anilines is 1. The molecule has 0 spiro atoms. The van der Waals surface area contributed by atoms with Gasteiger partial charge >= 0.3 is 5.97 Å². The summed E-state index contributed by atoms with van der Waals surface area (Å²) in [6.45, 7) is 4.88. The van der Waals surface area contributed by atoms with Gasteiger partial charge in [-0.05, 0) is 62.2 Å². The highest BCUT2D eigenvalue weighted by Gasteiger charge is 2.22. The maximum atomic E-state index is 12.7. The van der Waals surface area contributed by atoms with Gasteiger partial charge in [-0.25, -0.2) is 4.79 Å². The molecule has 0 radical (unpaired) electrons. The largest absolute Gasteiger partial charge is 0.494 e. The van der Waals surface area contributed by atoms with Crippen LogP contribution in [0.5, 0.6) is 11.5 Å². The number of ether oxygens (including phenoxy) is 3. The summed E-state index contributed by atoms with van der Waals surface area (Å²) in [6.07, 6.45) is 0.784. The Kier molecular flexibility index (Phi) is 9.15. The predicted octanol–water partition coefficient (Wildman–Crippen LogP) is 6.44. The number of halogens is 1. The zero-order valence-corrected chi connectivity index (χ0v) is 20.1. The lowest BCUT2D eigenvalue weighted by molar-refractivity contribution is -0.116. The van der Waals surface area contributed by atoms with Crippen molar-refractivity contribution >= 4 is 39.8 Å². The van der Waals surface area contributed by atoms with E-state index in [-0.39, 0.29) is 18.9 Å². The highest BCUT2D eigenvalue weighted by Crippen LogP contribution is 2.37. The van der Waals surface area contributed by atoms with Gasteiger partial charge in [-0.3, -0.25) is 4.79 Å². The molecule has 6 nitrogen and oxygen atoms in total. The molecule has 1 heterocycles. The summed E-state index contributed by atoms with van der Waals surface area (Å²) in [4.78, 5) is 25.2. The zero-order valence-electron chi connectivity index (χ0n) is 18.6. The van der Waals surface area contributed by atoms with Crippen LogP contribution in [0, 0.1) is 0 Å². The third-order valence-corrected chi connectivity index (χ3v) is 5.78. The molecule has 33 heavy (non-hydrogen) atoms. The number of hydrogen-bond acceptors (Lipinski definition) is 6. The van der Waals surface area contributed by atoms with E-state index in [2.05, 4.69) is 5.32 Å². The zero-order chi connectivity index (χ0) is 23.6. The molecule has 0 saturated heterocycles. The minimum atomic E-state index is -0.469. The van der Waals surface area contributed by atoms with E-state index in [0.717, 1.165) is 11.3 Å². The summed E-state index contributed by atoms with van der Waals surface area (Å²) < 4.78 is 16.4. The normalized spacial score (nSPS) is 10.5. The van der Waals surface area contributed by atoms with Crippen molar-refractivity contribution in [2.75, 3.05) is 25.1 Å². The van der Waals surface area contributed by atoms with Crippen molar-refractivity contribution in [3.8, 4) is 22.6 Å². The van der Waals surface area contributed by atoms with Crippen LogP contribution in [0.3, 0.4) is 0 Å². The minimum Gasteiger partial charge on any atom is -0.494 e. The Morgan fingerprint density at radius 3 is 2.27 bits per heavy atom. The van der Waals surface area contributed by atoms with E-state index in [4.69, 9.17) is 25.8 Å². The van der Waals surface area contributed by atoms with Crippen molar-refractivity contribution in [3.63, 3.8) is 0 Å². The van der Waals surface area contributed by atoms with Crippen LogP contribution in [-0.4, -0.2) is 31.7 Å². The van der Waals surface area contributed by atoms with Gasteiger partial charge in [-0.2, -0.15) is 0 Å². The first-order valence-corrected chi connectivity index (χ1v) is 12.0. The van der Waals surface area contributed by atoms with Gasteiger partial charge in [0.2, 0.25) is 5.91 Å². The van der Waals surface area contributed by atoms with Gasteiger partial charge in [0.25, 0.3) is 0 Å². The van der Waals surface area contributed by atoms with Crippen molar-refractivity contribution in [3.05, 3.63) is 64.5 Å². The van der Waals surface area contributed by atoms with E-state index >= 15 is 0 Å². The van der Waals surface area contributed by atoms with Crippen LogP contribution >= 0.6 is 22.9 Å². The van der Waals surface area contributed by atoms with E-state index in [1.807, 2.05) is 36.6 Å². The Morgan fingerprint density at radius 2 is 1.61 bits per heavy atom. The van der Waals surface area contributed by atoms with Crippen molar-refractivity contribution in [1.29, 1.82) is 0 Å². The first-order chi connectivity index (χ1) is 16.0. The molecule has 3 rings (SSSR count). The van der Waals surface area contributed by atoms with E-state index in [0.29, 0.717) is 46.5 Å². The van der Waals surface area contributed by atoms with Gasteiger partial charge < -0.3 is 19.5 Å². The second-order valence-corrected chi connectivity index (χ2v) is 8.30. The molecule has 0 saturated carbocycles. The topological polar surface area (TPSA) is 73.9 Å². The molecule has 0 aliphatic carbocycles. The van der Waals surface area contributed by atoms with Crippen LogP contribution in [0.25, 0.3) is 11.1 Å². The van der Waals surface area contributed by atoms with Gasteiger partial charge in [0.05, 0.1) is 19.8 Å². The number of hydrogen-bond donors (Lipinski definition) is 1. The number of thiophene rings is 1. The molecular weight excluding hydrogens is 462 g/mol. The van der Waals surface area contributed by atoms with Gasteiger partial charge in [0.1, 0.15) is 22.1 Å². The quantitative estimate of drug-likeness (QED) is 0.249. The lowest BCUT2D eigenvalue weighted by Crippen LogP contribution is -2.15. The molecule has 0 unspecified atom stereocenters. The smallest absolute Gasteiger partial charge is 0.341 e. The summed E-state index contributed by atoms with van der Waals surface area (Å²) in [5, 5.41) is 5.82. The molecule has 1 N–H and O–H groups in total. The lowest BCUT2D eigenvalue weighted by Gasteiger charge is -2.10. The van der Waals surface area contributed by atoms with Crippen molar-refractivity contribution in [1.82, 2.24) is 0 Å². The Labute approximate surface area is 202 Å². The predicted molar refractivity (Wildman–Crippen MR) is 132 cm³/mol. The lowest BCUT2D eigenvalue weighted by atomic mass is 10.0. The Balaban J connectivity index is 1.65. The Morgan fingerprint density at radius 1 is 0.939 bits per heavy atom. The van der Waals surface area contributed by atoms with Crippen LogP contribution in [-0.2, 0) is 9.53 Å². The van der Waals surface area contributed by atoms with Gasteiger partial charge in [0, 0.05) is 22.4 Å². The van der Waals surface area contributed by atoms with Gasteiger partial charge in [0.15, 0.2) is 0 Å². The monoisotopic (exact) mass is 487 g/mol. The summed E-state index contributed by atoms with van der Waals surface area (Å²) >= 11 is 7.16. The third-order valence-electron chi connectivity index (χ3n) is 4.63. The highest BCUT2D eigenvalue weighted by atomic mass is 35.5. The molecule has 1 aromatic heterocycles. The van der Waals surface area contributed by atoms with E-state index in [9.17, 15) is 9.59 Å². The number of benzene rings is 2. The molecule has 2 aromatic carbocycles. The molecule has 3 aromatic rings. The average Bonchev–Trinajstić information content (AvgIpc) is 3.22. The van der Waals surface area contributed by atoms with E-state index < -0.39 is 5.97 Å². The summed E-state index contributed by atoms with van der Waals surface area (Å²) in [5.41, 5.74) is 1.91. The Hall–Kier alpha value is -3.03. The SMILES string of the molecule is CCOC(=O)c1c(-c2ccc(OCC)cc2)csc1NC(=O)CCCOc1ccc(Cl)cc1. The number of carbonyl (C=O) groups excluding carboxylic acids is 2. The number of amides is 1. The molecule has 0 aliphatic rings. The third kappa shape index (κ3) is 6.97. The molecular formula is C25H26ClNO5S. The summed E-state index contributed by atoms with van der Waals surface area (Å²) in [5.74, 6) is 0.788. The number of carbonyl (C=O) groups is 2. The fraction of sp³-hybridized carbons (Fsp3) is 0.280. The molecule has 8 heteroatoms. The van der Waals surface area contributed by atoms with Crippen molar-refractivity contribution in [2.24, 2.45) is 0 Å². The summed E-state index contributed by atoms with van der Waals surface area (Å²) in [6, 6.07) is 14.5. The second kappa shape index (κ2) is 12.3. The number of rotatable bonds is 11. The van der Waals surface area contributed by atoms with Crippen LogP contribution in [0.4, 0.5) is 5.00 Å². The molecule has 174 valence electrons. The van der Waals surface area contributed by atoms with Crippen molar-refractivity contribution in [2.45, 2.75) is 26.7 Å². The van der Waals surface area contributed by atoms with Gasteiger partial charge in [-0.1, -0.05) is 23.7 Å². The minimum absolute atomic E-state index is 0.194. The Bertz CT molecular complexity index is 1060. The maximum absolute atomic E-state index is 12.7. The molecule has 0 bridgehead atoms. The first kappa shape index (κ1) is 24.6. The fourth-order valence-electron chi connectivity index (χ4n) is 3.11. The maximum Gasteiger partial charge on any atom is 0.341 e. The van der Waals surface area contributed by atoms with Crippen LogP contribution in [0.1, 0.15) is 37.0 Å². The van der Waals surface area contributed by atoms with Crippen molar-refractivity contribution < 1.29 is 23.8 Å². The second-order valence-electron chi connectivity index (χ2n) is 6.99. The molecule has 0 aliphatic heterocycles. The highest BCUT2D eigenvalue weighted by molar-refractivity contribution is 7.15. The van der Waals surface area contributed by atoms with Gasteiger partial charge in [-0.15, -0.1) is 11.3 Å². The molecule has 1 amide bonds. The van der Waals surface area contributed by atoms with E-state index in [1.54, 1.807) is 31.2 Å². The molecule has 0 atom stereocenters. The standard InChI is InChI=1S/C25H26ClNO5S/c1-3-30-19-11-7-17(8-12-19)21-16-33-24(23(21)25(29)31-4-2)27-22(28)6-5-15-32-20-13-9-18(26)10-14-20/h7-14,16H,3-6,15H2,1-2H3,(H,27,28). The average molecular weight is 488 g/mol. The fourth-order valence-corrected chi connectivity index (χ4v) is 4.21. The molecule has 0 fully saturated rings. The van der Waals surface area contributed by atoms with Crippen LogP contribution in [0.15, 0.2) is 53.9 Å². The van der Waals surface area contributed by atoms with E-state index in [1.165, 1.54) is 11.3 Å². The number of nitrogens with one attached hydrogen (secondary N) is 1. The summed E-state index contributed by atoms with van der Waals surface area (Å²) in [7, 11) is 0.